The van der Waals surface area contributed by atoms with Crippen molar-refractivity contribution in [2.24, 2.45) is 5.92 Å². The predicted molar refractivity (Wildman–Crippen MR) is 50.7 cm³/mol. The van der Waals surface area contributed by atoms with Crippen LogP contribution in [-0.4, -0.2) is 13.3 Å². The van der Waals surface area contributed by atoms with Crippen molar-refractivity contribution in [1.29, 1.82) is 0 Å². The molecular weight excluding hydrogens is 196 g/mol. The summed E-state index contributed by atoms with van der Waals surface area (Å²) in [5, 5.41) is 0. The molecule has 0 bridgehead atoms. The van der Waals surface area contributed by atoms with Gasteiger partial charge in [-0.2, -0.15) is 8.42 Å². The molecule has 0 heterocycles. The number of hydrogen-bond acceptors (Lipinski definition) is 2. The highest BCUT2D eigenvalue weighted by Crippen LogP contribution is 2.10. The van der Waals surface area contributed by atoms with Crippen LogP contribution in [0.3, 0.4) is 0 Å². The van der Waals surface area contributed by atoms with Crippen LogP contribution >= 0.6 is 11.6 Å². The molecule has 0 radical (unpaired) electrons. The van der Waals surface area contributed by atoms with Gasteiger partial charge in [0.1, 0.15) is 0 Å². The summed E-state index contributed by atoms with van der Waals surface area (Å²) in [5.41, 5.74) is 1.32. The molecule has 1 atom stereocenters. The van der Waals surface area contributed by atoms with E-state index in [2.05, 4.69) is 0 Å². The second-order valence-corrected chi connectivity index (χ2v) is 3.42. The van der Waals surface area contributed by atoms with Crippen LogP contribution in [0.2, 0.25) is 0 Å². The van der Waals surface area contributed by atoms with Crippen LogP contribution in [-0.2, 0) is 10.3 Å². The van der Waals surface area contributed by atoms with Crippen LogP contribution in [0.25, 0.3) is 0 Å². The summed E-state index contributed by atoms with van der Waals surface area (Å²) in [7, 11) is -2.16. The van der Waals surface area contributed by atoms with Crippen LogP contribution in [0.5, 0.6) is 0 Å². The number of hydrogen-bond donors (Lipinski definition) is 0. The van der Waals surface area contributed by atoms with Gasteiger partial charge in [0.2, 0.25) is 10.3 Å². The van der Waals surface area contributed by atoms with Gasteiger partial charge >= 0.3 is 0 Å². The quantitative estimate of drug-likeness (QED) is 0.605. The Morgan fingerprint density at radius 2 is 2.17 bits per heavy atom. The molecule has 0 aromatic rings. The van der Waals surface area contributed by atoms with Gasteiger partial charge in [-0.25, -0.2) is 0 Å². The second kappa shape index (κ2) is 4.28. The molecule has 0 fully saturated rings. The molecule has 0 aromatic heterocycles. The first kappa shape index (κ1) is 9.29. The summed E-state index contributed by atoms with van der Waals surface area (Å²) in [6, 6.07) is 0. The Kier molecular flexibility index (Phi) is 3.31. The third-order valence-electron chi connectivity index (χ3n) is 1.49. The van der Waals surface area contributed by atoms with E-state index in [1.54, 1.807) is 30.4 Å². The van der Waals surface area contributed by atoms with Crippen LogP contribution in [0.4, 0.5) is 0 Å². The summed E-state index contributed by atoms with van der Waals surface area (Å²) >= 11 is 5.35. The summed E-state index contributed by atoms with van der Waals surface area (Å²) in [6.45, 7) is 0. The second-order valence-electron chi connectivity index (χ2n) is 2.23. The monoisotopic (exact) mass is 202 g/mol. The number of halogens is 1. The van der Waals surface area contributed by atoms with Crippen LogP contribution in [0.1, 0.15) is 0 Å². The maximum atomic E-state index is 10.6. The molecule has 1 aliphatic carbocycles. The van der Waals surface area contributed by atoms with E-state index in [-0.39, 0.29) is 5.92 Å². The van der Waals surface area contributed by atoms with Gasteiger partial charge in [-0.3, -0.25) is 0 Å². The van der Waals surface area contributed by atoms with Crippen molar-refractivity contribution in [3.05, 3.63) is 35.9 Å². The Morgan fingerprint density at radius 1 is 1.42 bits per heavy atom. The highest BCUT2D eigenvalue weighted by Gasteiger charge is 2.10. The summed E-state index contributed by atoms with van der Waals surface area (Å²) in [6.07, 6.45) is 8.42. The minimum atomic E-state index is -2.16. The first-order valence-corrected chi connectivity index (χ1v) is 4.84. The first-order valence-electron chi connectivity index (χ1n) is 3.33. The Labute approximate surface area is 77.4 Å². The Balaban J connectivity index is 3.10. The molecule has 0 saturated heterocycles. The molecule has 64 valence electrons. The minimum absolute atomic E-state index is 0.217. The SMILES string of the molecule is O=S(=O)=C1C=CC=CC1C=CCl. The van der Waals surface area contributed by atoms with E-state index < -0.39 is 10.3 Å². The van der Waals surface area contributed by atoms with Gasteiger partial charge in [0.25, 0.3) is 0 Å². The number of allylic oxidation sites excluding steroid dienone is 5. The lowest BCUT2D eigenvalue weighted by molar-refractivity contribution is 0.626. The van der Waals surface area contributed by atoms with E-state index in [4.69, 9.17) is 11.6 Å². The average molecular weight is 203 g/mol. The summed E-state index contributed by atoms with van der Waals surface area (Å²) < 4.78 is 21.3. The third kappa shape index (κ3) is 2.09. The van der Waals surface area contributed by atoms with Crippen molar-refractivity contribution in [3.63, 3.8) is 0 Å². The molecule has 0 saturated carbocycles. The van der Waals surface area contributed by atoms with Gasteiger partial charge in [0.05, 0.1) is 4.86 Å². The summed E-state index contributed by atoms with van der Waals surface area (Å²) in [5.74, 6) is -0.217. The number of rotatable bonds is 1. The fraction of sp³-hybridized carbons (Fsp3) is 0.125. The fourth-order valence-electron chi connectivity index (χ4n) is 0.944. The first-order chi connectivity index (χ1) is 5.75. The van der Waals surface area contributed by atoms with Crippen LogP contribution in [0, 0.1) is 5.92 Å². The topological polar surface area (TPSA) is 34.1 Å². The van der Waals surface area contributed by atoms with Crippen molar-refractivity contribution < 1.29 is 8.42 Å². The highest BCUT2D eigenvalue weighted by molar-refractivity contribution is 7.73. The molecule has 0 aromatic carbocycles. The average Bonchev–Trinajstić information content (AvgIpc) is 2.05. The molecular formula is C8H7ClO2S. The maximum Gasteiger partial charge on any atom is 0.218 e. The molecule has 1 rings (SSSR count). The zero-order valence-corrected chi connectivity index (χ0v) is 7.72. The fourth-order valence-corrected chi connectivity index (χ4v) is 1.67. The summed E-state index contributed by atoms with van der Waals surface area (Å²) in [4.78, 5) is 0.342. The Bertz CT molecular complexity index is 366. The molecule has 0 N–H and O–H groups in total. The molecule has 12 heavy (non-hydrogen) atoms. The van der Waals surface area contributed by atoms with Gasteiger partial charge in [0, 0.05) is 11.5 Å². The molecule has 0 aliphatic heterocycles. The minimum Gasteiger partial charge on any atom is -0.184 e. The van der Waals surface area contributed by atoms with E-state index >= 15 is 0 Å². The Hall–Kier alpha value is -0.800. The molecule has 2 nitrogen and oxygen atoms in total. The molecule has 0 spiro atoms. The normalized spacial score (nSPS) is 22.1. The largest absolute Gasteiger partial charge is 0.218 e. The van der Waals surface area contributed by atoms with Crippen molar-refractivity contribution >= 4 is 26.8 Å². The van der Waals surface area contributed by atoms with Crippen molar-refractivity contribution in [1.82, 2.24) is 0 Å². The lowest BCUT2D eigenvalue weighted by atomic mass is 10.0. The zero-order chi connectivity index (χ0) is 8.97. The lowest BCUT2D eigenvalue weighted by Crippen LogP contribution is -2.09. The maximum absolute atomic E-state index is 10.6. The van der Waals surface area contributed by atoms with Gasteiger partial charge < -0.3 is 0 Å². The smallest absolute Gasteiger partial charge is 0.184 e. The van der Waals surface area contributed by atoms with E-state index in [0.717, 1.165) is 0 Å². The Morgan fingerprint density at radius 3 is 2.75 bits per heavy atom. The van der Waals surface area contributed by atoms with E-state index in [1.807, 2.05) is 0 Å². The van der Waals surface area contributed by atoms with Crippen molar-refractivity contribution in [2.45, 2.75) is 0 Å². The van der Waals surface area contributed by atoms with E-state index in [1.165, 1.54) is 5.54 Å². The molecule has 0 amide bonds. The van der Waals surface area contributed by atoms with Crippen LogP contribution in [0.15, 0.2) is 35.9 Å². The van der Waals surface area contributed by atoms with E-state index in [9.17, 15) is 8.42 Å². The van der Waals surface area contributed by atoms with Gasteiger partial charge in [-0.15, -0.1) is 0 Å². The van der Waals surface area contributed by atoms with Gasteiger partial charge in [-0.05, 0) is 6.08 Å². The van der Waals surface area contributed by atoms with Gasteiger partial charge in [-0.1, -0.05) is 35.9 Å². The predicted octanol–water partition coefficient (Wildman–Crippen LogP) is 1.53. The standard InChI is InChI=1S/C8H7ClO2S/c9-6-5-7-3-1-2-4-8(7)12(10)11/h1-7H. The lowest BCUT2D eigenvalue weighted by Gasteiger charge is -2.06. The van der Waals surface area contributed by atoms with Crippen molar-refractivity contribution in [2.75, 3.05) is 0 Å². The zero-order valence-electron chi connectivity index (χ0n) is 6.14. The molecule has 1 aliphatic rings. The van der Waals surface area contributed by atoms with Crippen LogP contribution < -0.4 is 0 Å². The third-order valence-corrected chi connectivity index (χ3v) is 2.43. The molecule has 1 unspecified atom stereocenters. The molecule has 4 heteroatoms. The van der Waals surface area contributed by atoms with Gasteiger partial charge in [0.15, 0.2) is 0 Å². The van der Waals surface area contributed by atoms with Crippen molar-refractivity contribution in [3.8, 4) is 0 Å². The van der Waals surface area contributed by atoms with E-state index in [0.29, 0.717) is 4.86 Å². The highest BCUT2D eigenvalue weighted by atomic mass is 35.5.